The number of imidazole rings is 2. The molecule has 0 saturated carbocycles. The first-order valence-electron chi connectivity index (χ1n) is 8.70. The molecule has 0 saturated heterocycles. The quantitative estimate of drug-likeness (QED) is 0.431. The first-order chi connectivity index (χ1) is 13.6. The minimum absolute atomic E-state index is 0.426. The van der Waals surface area contributed by atoms with Gasteiger partial charge < -0.3 is 9.12 Å². The maximum absolute atomic E-state index is 13.3. The lowest BCUT2D eigenvalue weighted by Crippen LogP contribution is -2.07. The molecule has 0 aliphatic carbocycles. The molecule has 0 fully saturated rings. The van der Waals surface area contributed by atoms with E-state index in [4.69, 9.17) is 16.6 Å². The van der Waals surface area contributed by atoms with Crippen LogP contribution in [0.5, 0.6) is 0 Å². The highest BCUT2D eigenvalue weighted by Crippen LogP contribution is 2.32. The zero-order valence-corrected chi connectivity index (χ0v) is 16.5. The Hall–Kier alpha value is -2.80. The van der Waals surface area contributed by atoms with Crippen molar-refractivity contribution in [1.82, 2.24) is 19.5 Å². The summed E-state index contributed by atoms with van der Waals surface area (Å²) in [5, 5.41) is 1.08. The van der Waals surface area contributed by atoms with Gasteiger partial charge in [0.2, 0.25) is 0 Å². The van der Waals surface area contributed by atoms with Crippen LogP contribution in [0.4, 0.5) is 0 Å². The van der Waals surface area contributed by atoms with Gasteiger partial charge in [-0.2, -0.15) is 4.98 Å². The van der Waals surface area contributed by atoms with Crippen molar-refractivity contribution < 1.29 is 4.55 Å². The zero-order valence-electron chi connectivity index (χ0n) is 14.9. The van der Waals surface area contributed by atoms with Gasteiger partial charge >= 0.3 is 5.16 Å². The molecule has 28 heavy (non-hydrogen) atoms. The lowest BCUT2D eigenvalue weighted by Gasteiger charge is -2.11. The number of aryl methyl sites for hydroxylation is 1. The van der Waals surface area contributed by atoms with Crippen molar-refractivity contribution in [1.29, 1.82) is 0 Å². The molecular formula is C21H15ClN4OS. The molecule has 1 N–H and O–H groups in total. The number of aromatic nitrogens is 4. The van der Waals surface area contributed by atoms with Crippen molar-refractivity contribution in [2.24, 2.45) is 7.05 Å². The molecule has 1 atom stereocenters. The van der Waals surface area contributed by atoms with Gasteiger partial charge in [0.1, 0.15) is 5.82 Å². The van der Waals surface area contributed by atoms with Crippen LogP contribution in [0.3, 0.4) is 0 Å². The van der Waals surface area contributed by atoms with Crippen LogP contribution in [0.1, 0.15) is 0 Å². The van der Waals surface area contributed by atoms with Crippen molar-refractivity contribution in [2.75, 3.05) is 0 Å². The molecule has 7 heteroatoms. The first kappa shape index (κ1) is 17.3. The summed E-state index contributed by atoms with van der Waals surface area (Å²) in [5.74, 6) is 0.734. The van der Waals surface area contributed by atoms with Crippen molar-refractivity contribution >= 4 is 44.8 Å². The standard InChI is InChI=1S/C21H15ClN4OS/c1-26-18-12-13(22)10-11-17(18)23-20(26)14-6-2-5-9-19(14)28(27)21-24-15-7-3-4-8-16(15)25-21/h2-12H,1H3,(H,24,25). The number of benzene rings is 3. The number of aromatic amines is 1. The van der Waals surface area contributed by atoms with Gasteiger partial charge in [-0.15, -0.1) is 0 Å². The van der Waals surface area contributed by atoms with Gasteiger partial charge in [0, 0.05) is 12.1 Å². The summed E-state index contributed by atoms with van der Waals surface area (Å²) in [7, 11) is 1.93. The highest BCUT2D eigenvalue weighted by molar-refractivity contribution is 7.91. The van der Waals surface area contributed by atoms with E-state index in [2.05, 4.69) is 9.97 Å². The highest BCUT2D eigenvalue weighted by atomic mass is 35.5. The molecule has 1 unspecified atom stereocenters. The number of hydrogen-bond acceptors (Lipinski definition) is 3. The monoisotopic (exact) mass is 406 g/mol. The fourth-order valence-corrected chi connectivity index (χ4v) is 4.66. The number of fused-ring (bicyclic) bond motifs is 2. The fraction of sp³-hybridized carbons (Fsp3) is 0.0476. The van der Waals surface area contributed by atoms with Crippen LogP contribution in [0.2, 0.25) is 5.02 Å². The smallest absolute Gasteiger partial charge is 0.327 e. The number of rotatable bonds is 3. The van der Waals surface area contributed by atoms with E-state index in [9.17, 15) is 4.55 Å². The number of halogens is 1. The Morgan fingerprint density at radius 3 is 2.61 bits per heavy atom. The topological polar surface area (TPSA) is 69.6 Å². The van der Waals surface area contributed by atoms with Crippen LogP contribution in [-0.2, 0) is 18.2 Å². The van der Waals surface area contributed by atoms with Crippen LogP contribution in [0.25, 0.3) is 33.5 Å². The van der Waals surface area contributed by atoms with Crippen molar-refractivity contribution in [2.45, 2.75) is 10.1 Å². The Kier molecular flexibility index (Phi) is 4.12. The van der Waals surface area contributed by atoms with Crippen LogP contribution in [0, 0.1) is 0 Å². The van der Waals surface area contributed by atoms with Gasteiger partial charge in [-0.25, -0.2) is 4.98 Å². The number of hydrogen-bond donors (Lipinski definition) is 1. The van der Waals surface area contributed by atoms with Gasteiger partial charge in [0.05, 0.1) is 38.8 Å². The largest absolute Gasteiger partial charge is 0.604 e. The molecular weight excluding hydrogens is 392 g/mol. The summed E-state index contributed by atoms with van der Waals surface area (Å²) in [4.78, 5) is 13.1. The molecule has 5 rings (SSSR count). The van der Waals surface area contributed by atoms with Crippen molar-refractivity contribution in [3.63, 3.8) is 0 Å². The SMILES string of the molecule is Cn1c(-c2ccccc2[S+]([O-])c2nc3ccccc3[nH]2)nc2ccc(Cl)cc21. The molecule has 0 amide bonds. The molecule has 138 valence electrons. The predicted octanol–water partition coefficient (Wildman–Crippen LogP) is 4.94. The second-order valence-electron chi connectivity index (χ2n) is 6.45. The summed E-state index contributed by atoms with van der Waals surface area (Å²) in [5.41, 5.74) is 4.22. The van der Waals surface area contributed by atoms with E-state index in [-0.39, 0.29) is 0 Å². The van der Waals surface area contributed by atoms with Crippen molar-refractivity contribution in [3.8, 4) is 11.4 Å². The Labute approximate surface area is 169 Å². The predicted molar refractivity (Wildman–Crippen MR) is 112 cm³/mol. The van der Waals surface area contributed by atoms with E-state index < -0.39 is 11.2 Å². The third-order valence-corrected chi connectivity index (χ3v) is 6.25. The molecule has 0 spiro atoms. The summed E-state index contributed by atoms with van der Waals surface area (Å²) in [6.45, 7) is 0. The van der Waals surface area contributed by atoms with E-state index in [0.29, 0.717) is 15.1 Å². The summed E-state index contributed by atoms with van der Waals surface area (Å²) in [6, 6.07) is 20.8. The highest BCUT2D eigenvalue weighted by Gasteiger charge is 2.25. The first-order valence-corrected chi connectivity index (χ1v) is 10.2. The summed E-state index contributed by atoms with van der Waals surface area (Å²) < 4.78 is 15.3. The molecule has 2 heterocycles. The molecule has 0 aliphatic heterocycles. The second-order valence-corrected chi connectivity index (χ2v) is 8.25. The second kappa shape index (κ2) is 6.67. The van der Waals surface area contributed by atoms with Crippen LogP contribution in [-0.4, -0.2) is 24.1 Å². The molecule has 2 aromatic heterocycles. The Morgan fingerprint density at radius 1 is 0.964 bits per heavy atom. The Morgan fingerprint density at radius 2 is 1.75 bits per heavy atom. The van der Waals surface area contributed by atoms with E-state index >= 15 is 0 Å². The fourth-order valence-electron chi connectivity index (χ4n) is 3.34. The van der Waals surface area contributed by atoms with Gasteiger partial charge in [-0.3, -0.25) is 4.98 Å². The van der Waals surface area contributed by atoms with Gasteiger partial charge in [-0.1, -0.05) is 35.9 Å². The normalized spacial score (nSPS) is 12.7. The molecule has 0 bridgehead atoms. The maximum atomic E-state index is 13.3. The van der Waals surface area contributed by atoms with Crippen LogP contribution < -0.4 is 0 Å². The summed E-state index contributed by atoms with van der Waals surface area (Å²) in [6.07, 6.45) is 0. The minimum Gasteiger partial charge on any atom is -0.604 e. The number of nitrogens with zero attached hydrogens (tertiary/aromatic N) is 3. The van der Waals surface area contributed by atoms with E-state index in [1.807, 2.05) is 78.3 Å². The zero-order chi connectivity index (χ0) is 19.3. The van der Waals surface area contributed by atoms with Crippen LogP contribution >= 0.6 is 11.6 Å². The molecule has 5 nitrogen and oxygen atoms in total. The van der Waals surface area contributed by atoms with Crippen molar-refractivity contribution in [3.05, 3.63) is 71.8 Å². The number of para-hydroxylation sites is 2. The third kappa shape index (κ3) is 2.77. The van der Waals surface area contributed by atoms with Crippen LogP contribution in [0.15, 0.2) is 76.8 Å². The van der Waals surface area contributed by atoms with E-state index in [0.717, 1.165) is 33.5 Å². The van der Waals surface area contributed by atoms with Gasteiger partial charge in [0.25, 0.3) is 0 Å². The number of H-pyrrole nitrogens is 1. The Bertz CT molecular complexity index is 1290. The Balaban J connectivity index is 1.66. The van der Waals surface area contributed by atoms with E-state index in [1.165, 1.54) is 0 Å². The average molecular weight is 407 g/mol. The number of nitrogens with one attached hydrogen (secondary N) is 1. The van der Waals surface area contributed by atoms with E-state index in [1.54, 1.807) is 0 Å². The molecule has 3 aromatic carbocycles. The maximum Gasteiger partial charge on any atom is 0.327 e. The third-order valence-electron chi connectivity index (χ3n) is 4.71. The summed E-state index contributed by atoms with van der Waals surface area (Å²) >= 11 is 4.67. The minimum atomic E-state index is -1.47. The molecule has 0 aliphatic rings. The lowest BCUT2D eigenvalue weighted by atomic mass is 10.2. The molecule has 5 aromatic rings. The van der Waals surface area contributed by atoms with Gasteiger partial charge in [0.15, 0.2) is 4.90 Å². The average Bonchev–Trinajstić information content (AvgIpc) is 3.29. The van der Waals surface area contributed by atoms with Gasteiger partial charge in [-0.05, 0) is 42.5 Å². The lowest BCUT2D eigenvalue weighted by molar-refractivity contribution is 0.588. The molecule has 0 radical (unpaired) electrons.